The fraction of sp³-hybridized carbons (Fsp3) is 0.192. The lowest BCUT2D eigenvalue weighted by Crippen LogP contribution is -2.55. The molecule has 0 spiro atoms. The minimum atomic E-state index is -0.111. The highest BCUT2D eigenvalue weighted by Gasteiger charge is 2.29. The Hall–Kier alpha value is -3.35. The number of benzene rings is 3. The first-order valence-electron chi connectivity index (χ1n) is 11.0. The summed E-state index contributed by atoms with van der Waals surface area (Å²) in [4.78, 5) is 16.9. The molecule has 1 aromatic heterocycles. The van der Waals surface area contributed by atoms with E-state index in [1.165, 1.54) is 0 Å². The molecule has 0 bridgehead atoms. The van der Waals surface area contributed by atoms with Gasteiger partial charge in [-0.2, -0.15) is 0 Å². The Morgan fingerprint density at radius 3 is 2.29 bits per heavy atom. The Morgan fingerprint density at radius 2 is 1.59 bits per heavy atom. The number of nitrogens with zero attached hydrogens (tertiary/aromatic N) is 4. The molecular weight excluding hydrogens is 469 g/mol. The molecule has 8 heteroatoms. The van der Waals surface area contributed by atoms with Crippen molar-refractivity contribution in [2.24, 2.45) is 0 Å². The molecule has 174 valence electrons. The third-order valence-corrected chi connectivity index (χ3v) is 6.25. The molecule has 2 amide bonds. The van der Waals surface area contributed by atoms with E-state index in [9.17, 15) is 4.79 Å². The van der Waals surface area contributed by atoms with Gasteiger partial charge in [-0.1, -0.05) is 66.2 Å². The summed E-state index contributed by atoms with van der Waals surface area (Å²) < 4.78 is 0. The van der Waals surface area contributed by atoms with Gasteiger partial charge in [0.2, 0.25) is 0 Å². The standard InChI is InChI=1S/C26H24ClN5O.ClH/c1-18-17-31(15-16-32(18)26(33)28-21-13-11-20(27)12-14-21)25-23-10-6-5-9-22(23)24(29-30-25)19-7-3-2-4-8-19;/h2-14,18H,15-17H2,1H3,(H,28,33);1H. The highest BCUT2D eigenvalue weighted by atomic mass is 35.5. The highest BCUT2D eigenvalue weighted by Crippen LogP contribution is 2.32. The fourth-order valence-electron chi connectivity index (χ4n) is 4.31. The second-order valence-corrected chi connectivity index (χ2v) is 8.65. The van der Waals surface area contributed by atoms with Crippen molar-refractivity contribution in [3.05, 3.63) is 83.9 Å². The van der Waals surface area contributed by atoms with Crippen LogP contribution in [0.1, 0.15) is 6.92 Å². The Bertz CT molecular complexity index is 1280. The third kappa shape index (κ3) is 4.79. The van der Waals surface area contributed by atoms with Gasteiger partial charge in [0.15, 0.2) is 5.82 Å². The van der Waals surface area contributed by atoms with Gasteiger partial charge in [-0.3, -0.25) is 0 Å². The quantitative estimate of drug-likeness (QED) is 0.373. The minimum Gasteiger partial charge on any atom is -0.351 e. The highest BCUT2D eigenvalue weighted by molar-refractivity contribution is 6.30. The number of nitrogens with one attached hydrogen (secondary N) is 1. The van der Waals surface area contributed by atoms with Crippen LogP contribution in [0.25, 0.3) is 22.0 Å². The summed E-state index contributed by atoms with van der Waals surface area (Å²) in [5.74, 6) is 0.856. The van der Waals surface area contributed by atoms with Crippen LogP contribution in [0.4, 0.5) is 16.3 Å². The molecule has 1 aliphatic rings. The number of anilines is 2. The number of piperazine rings is 1. The zero-order valence-electron chi connectivity index (χ0n) is 18.7. The van der Waals surface area contributed by atoms with Gasteiger partial charge in [-0.25, -0.2) is 4.79 Å². The molecule has 0 radical (unpaired) electrons. The summed E-state index contributed by atoms with van der Waals surface area (Å²) in [7, 11) is 0. The van der Waals surface area contributed by atoms with E-state index in [2.05, 4.69) is 51.6 Å². The molecule has 2 heterocycles. The molecule has 5 rings (SSSR count). The number of rotatable bonds is 3. The first kappa shape index (κ1) is 23.8. The number of fused-ring (bicyclic) bond motifs is 1. The van der Waals surface area contributed by atoms with Gasteiger partial charge in [0.05, 0.1) is 0 Å². The van der Waals surface area contributed by atoms with E-state index in [1.807, 2.05) is 35.2 Å². The van der Waals surface area contributed by atoms with Crippen LogP contribution in [-0.4, -0.2) is 46.8 Å². The summed E-state index contributed by atoms with van der Waals surface area (Å²) in [5, 5.41) is 15.0. The third-order valence-electron chi connectivity index (χ3n) is 6.00. The number of carbonyl (C=O) groups excluding carboxylic acids is 1. The van der Waals surface area contributed by atoms with Crippen LogP contribution in [-0.2, 0) is 0 Å². The van der Waals surface area contributed by atoms with Crippen molar-refractivity contribution < 1.29 is 4.79 Å². The zero-order valence-corrected chi connectivity index (χ0v) is 20.3. The number of urea groups is 1. The predicted octanol–water partition coefficient (Wildman–Crippen LogP) is 6.11. The molecule has 4 aromatic rings. The minimum absolute atomic E-state index is 0. The zero-order chi connectivity index (χ0) is 22.8. The Kier molecular flexibility index (Phi) is 7.20. The average Bonchev–Trinajstić information content (AvgIpc) is 2.85. The van der Waals surface area contributed by atoms with E-state index in [0.717, 1.165) is 33.5 Å². The monoisotopic (exact) mass is 493 g/mol. The maximum Gasteiger partial charge on any atom is 0.322 e. The number of carbonyl (C=O) groups is 1. The molecule has 1 N–H and O–H groups in total. The Morgan fingerprint density at radius 1 is 0.912 bits per heavy atom. The maximum absolute atomic E-state index is 12.9. The van der Waals surface area contributed by atoms with Crippen molar-refractivity contribution in [1.82, 2.24) is 15.1 Å². The van der Waals surface area contributed by atoms with Crippen molar-refractivity contribution in [2.45, 2.75) is 13.0 Å². The van der Waals surface area contributed by atoms with E-state index in [4.69, 9.17) is 11.6 Å². The van der Waals surface area contributed by atoms with E-state index in [0.29, 0.717) is 24.7 Å². The van der Waals surface area contributed by atoms with E-state index >= 15 is 0 Å². The molecule has 0 aliphatic carbocycles. The van der Waals surface area contributed by atoms with Crippen LogP contribution < -0.4 is 10.2 Å². The molecule has 1 saturated heterocycles. The van der Waals surface area contributed by atoms with Crippen LogP contribution >= 0.6 is 24.0 Å². The van der Waals surface area contributed by atoms with E-state index in [-0.39, 0.29) is 24.5 Å². The molecular formula is C26H25Cl2N5O. The van der Waals surface area contributed by atoms with Crippen molar-refractivity contribution in [1.29, 1.82) is 0 Å². The van der Waals surface area contributed by atoms with Crippen LogP contribution in [0.5, 0.6) is 0 Å². The van der Waals surface area contributed by atoms with Crippen LogP contribution in [0.2, 0.25) is 5.02 Å². The summed E-state index contributed by atoms with van der Waals surface area (Å²) in [6.45, 7) is 4.01. The molecule has 3 aromatic carbocycles. The van der Waals surface area contributed by atoms with Gasteiger partial charge in [0.25, 0.3) is 0 Å². The van der Waals surface area contributed by atoms with Gasteiger partial charge >= 0.3 is 6.03 Å². The SMILES string of the molecule is CC1CN(c2nnc(-c3ccccc3)c3ccccc23)CCN1C(=O)Nc1ccc(Cl)cc1.Cl. The second-order valence-electron chi connectivity index (χ2n) is 8.21. The molecule has 1 unspecified atom stereocenters. The Labute approximate surface area is 210 Å². The lowest BCUT2D eigenvalue weighted by atomic mass is 10.0. The number of hydrogen-bond acceptors (Lipinski definition) is 4. The second kappa shape index (κ2) is 10.3. The summed E-state index contributed by atoms with van der Waals surface area (Å²) in [6, 6.07) is 25.4. The van der Waals surface area contributed by atoms with Crippen molar-refractivity contribution in [3.8, 4) is 11.3 Å². The Balaban J connectivity index is 0.00000274. The van der Waals surface area contributed by atoms with Gasteiger partial charge in [-0.05, 0) is 31.2 Å². The molecule has 1 fully saturated rings. The van der Waals surface area contributed by atoms with Gasteiger partial charge in [-0.15, -0.1) is 22.6 Å². The number of hydrogen-bond donors (Lipinski definition) is 1. The van der Waals surface area contributed by atoms with E-state index < -0.39 is 0 Å². The summed E-state index contributed by atoms with van der Waals surface area (Å²) in [5.41, 5.74) is 2.65. The lowest BCUT2D eigenvalue weighted by Gasteiger charge is -2.40. The molecule has 6 nitrogen and oxygen atoms in total. The van der Waals surface area contributed by atoms with Gasteiger partial charge in [0, 0.05) is 52.7 Å². The molecule has 1 aliphatic heterocycles. The first-order valence-corrected chi connectivity index (χ1v) is 11.4. The topological polar surface area (TPSA) is 61.4 Å². The summed E-state index contributed by atoms with van der Waals surface area (Å²) >= 11 is 5.94. The maximum atomic E-state index is 12.9. The smallest absolute Gasteiger partial charge is 0.322 e. The number of amides is 2. The molecule has 0 saturated carbocycles. The van der Waals surface area contributed by atoms with Crippen molar-refractivity contribution in [2.75, 3.05) is 29.9 Å². The number of halogens is 2. The largest absolute Gasteiger partial charge is 0.351 e. The summed E-state index contributed by atoms with van der Waals surface area (Å²) in [6.07, 6.45) is 0. The van der Waals surface area contributed by atoms with Crippen molar-refractivity contribution >= 4 is 52.3 Å². The lowest BCUT2D eigenvalue weighted by molar-refractivity contribution is 0.184. The molecule has 34 heavy (non-hydrogen) atoms. The first-order chi connectivity index (χ1) is 16.1. The van der Waals surface area contributed by atoms with Crippen LogP contribution in [0.3, 0.4) is 0 Å². The van der Waals surface area contributed by atoms with Crippen molar-refractivity contribution in [3.63, 3.8) is 0 Å². The van der Waals surface area contributed by atoms with Gasteiger partial charge < -0.3 is 15.1 Å². The average molecular weight is 494 g/mol. The predicted molar refractivity (Wildman–Crippen MR) is 141 cm³/mol. The van der Waals surface area contributed by atoms with Gasteiger partial charge in [0.1, 0.15) is 5.69 Å². The van der Waals surface area contributed by atoms with Crippen LogP contribution in [0, 0.1) is 0 Å². The van der Waals surface area contributed by atoms with E-state index in [1.54, 1.807) is 24.3 Å². The van der Waals surface area contributed by atoms with Crippen LogP contribution in [0.15, 0.2) is 78.9 Å². The number of aromatic nitrogens is 2. The normalized spacial score (nSPS) is 15.6. The fourth-order valence-corrected chi connectivity index (χ4v) is 4.44. The molecule has 1 atom stereocenters.